The van der Waals surface area contributed by atoms with Crippen molar-refractivity contribution in [3.8, 4) is 0 Å². The number of nitrogens with two attached hydrogens (primary N) is 1. The van der Waals surface area contributed by atoms with Gasteiger partial charge in [-0.1, -0.05) is 36.5 Å². The van der Waals surface area contributed by atoms with Crippen LogP contribution in [0.25, 0.3) is 0 Å². The van der Waals surface area contributed by atoms with Crippen LogP contribution in [0.3, 0.4) is 0 Å². The monoisotopic (exact) mass is 307 g/mol. The molecule has 0 aliphatic rings. The summed E-state index contributed by atoms with van der Waals surface area (Å²) in [6.45, 7) is 4.18. The molecule has 5 nitrogen and oxygen atoms in total. The van der Waals surface area contributed by atoms with E-state index in [0.717, 1.165) is 11.1 Å². The van der Waals surface area contributed by atoms with Gasteiger partial charge in [-0.05, 0) is 19.4 Å². The lowest BCUT2D eigenvalue weighted by atomic mass is 10.1. The van der Waals surface area contributed by atoms with E-state index >= 15 is 0 Å². The summed E-state index contributed by atoms with van der Waals surface area (Å²) >= 11 is 4.87. The van der Waals surface area contributed by atoms with Crippen LogP contribution in [0, 0.1) is 0 Å². The maximum Gasteiger partial charge on any atom is 0.244 e. The normalized spacial score (nSPS) is 11.6. The van der Waals surface area contributed by atoms with Gasteiger partial charge >= 0.3 is 0 Å². The summed E-state index contributed by atoms with van der Waals surface area (Å²) in [7, 11) is 1.71. The third kappa shape index (κ3) is 5.15. The fourth-order valence-electron chi connectivity index (χ4n) is 1.81. The number of carbonyl (C=O) groups is 2. The number of carbonyl (C=O) groups excluding carboxylic acids is 2. The lowest BCUT2D eigenvalue weighted by molar-refractivity contribution is -0.134. The van der Waals surface area contributed by atoms with Crippen molar-refractivity contribution in [2.75, 3.05) is 13.6 Å². The molecule has 0 spiro atoms. The van der Waals surface area contributed by atoms with E-state index in [1.165, 1.54) is 0 Å². The number of hydrogen-bond acceptors (Lipinski definition) is 3. The predicted molar refractivity (Wildman–Crippen MR) is 86.9 cm³/mol. The van der Waals surface area contributed by atoms with Gasteiger partial charge in [-0.2, -0.15) is 0 Å². The van der Waals surface area contributed by atoms with Gasteiger partial charge in [0.1, 0.15) is 11.0 Å². The molecule has 21 heavy (non-hydrogen) atoms. The number of nitrogens with zero attached hydrogens (tertiary/aromatic N) is 1. The van der Waals surface area contributed by atoms with E-state index in [2.05, 4.69) is 5.32 Å². The average Bonchev–Trinajstić information content (AvgIpc) is 2.45. The SMILES string of the molecule is CCN(C)C(=O)C(C)NC(=O)Cc1ccc(C(N)=S)cc1. The average molecular weight is 307 g/mol. The molecule has 0 aliphatic heterocycles. The van der Waals surface area contributed by atoms with E-state index in [1.807, 2.05) is 6.92 Å². The molecular formula is C15H21N3O2S. The summed E-state index contributed by atoms with van der Waals surface area (Å²) in [5.74, 6) is -0.293. The molecule has 0 saturated carbocycles. The van der Waals surface area contributed by atoms with Crippen LogP contribution in [0.2, 0.25) is 0 Å². The molecular weight excluding hydrogens is 286 g/mol. The molecule has 0 aliphatic carbocycles. The Morgan fingerprint density at radius 3 is 2.38 bits per heavy atom. The van der Waals surface area contributed by atoms with Gasteiger partial charge in [-0.15, -0.1) is 0 Å². The number of likely N-dealkylation sites (N-methyl/N-ethyl adjacent to an activating group) is 1. The second-order valence-corrected chi connectivity index (χ2v) is 5.32. The van der Waals surface area contributed by atoms with Crippen molar-refractivity contribution in [3.63, 3.8) is 0 Å². The quantitative estimate of drug-likeness (QED) is 0.764. The first kappa shape index (κ1) is 17.1. The first-order valence-corrected chi connectivity index (χ1v) is 7.19. The standard InChI is InChI=1S/C15H21N3O2S/c1-4-18(3)15(20)10(2)17-13(19)9-11-5-7-12(8-6-11)14(16)21/h5-8,10H,4,9H2,1-3H3,(H2,16,21)(H,17,19). The van der Waals surface area contributed by atoms with Crippen molar-refractivity contribution in [1.29, 1.82) is 0 Å². The third-order valence-electron chi connectivity index (χ3n) is 3.20. The molecule has 114 valence electrons. The van der Waals surface area contributed by atoms with Crippen LogP contribution in [0.5, 0.6) is 0 Å². The summed E-state index contributed by atoms with van der Waals surface area (Å²) in [4.78, 5) is 25.7. The number of hydrogen-bond donors (Lipinski definition) is 2. The van der Waals surface area contributed by atoms with E-state index in [4.69, 9.17) is 18.0 Å². The zero-order valence-electron chi connectivity index (χ0n) is 12.6. The van der Waals surface area contributed by atoms with E-state index in [9.17, 15) is 9.59 Å². The van der Waals surface area contributed by atoms with Crippen molar-refractivity contribution >= 4 is 29.0 Å². The third-order valence-corrected chi connectivity index (χ3v) is 3.44. The topological polar surface area (TPSA) is 75.4 Å². The molecule has 6 heteroatoms. The Bertz CT molecular complexity index is 528. The van der Waals surface area contributed by atoms with Gasteiger partial charge in [-0.3, -0.25) is 9.59 Å². The predicted octanol–water partition coefficient (Wildman–Crippen LogP) is 0.846. The minimum absolute atomic E-state index is 0.102. The smallest absolute Gasteiger partial charge is 0.244 e. The Morgan fingerprint density at radius 1 is 1.33 bits per heavy atom. The largest absolute Gasteiger partial charge is 0.389 e. The van der Waals surface area contributed by atoms with Gasteiger partial charge in [0.05, 0.1) is 6.42 Å². The second kappa shape index (κ2) is 7.73. The second-order valence-electron chi connectivity index (χ2n) is 4.88. The highest BCUT2D eigenvalue weighted by molar-refractivity contribution is 7.80. The number of rotatable bonds is 6. The molecule has 3 N–H and O–H groups in total. The fraction of sp³-hybridized carbons (Fsp3) is 0.400. The summed E-state index contributed by atoms with van der Waals surface area (Å²) in [5.41, 5.74) is 7.13. The van der Waals surface area contributed by atoms with Crippen molar-refractivity contribution in [1.82, 2.24) is 10.2 Å². The molecule has 1 unspecified atom stereocenters. The number of thiocarbonyl (C=S) groups is 1. The van der Waals surface area contributed by atoms with Crippen LogP contribution in [0.1, 0.15) is 25.0 Å². The minimum Gasteiger partial charge on any atom is -0.389 e. The highest BCUT2D eigenvalue weighted by Gasteiger charge is 2.18. The number of nitrogens with one attached hydrogen (secondary N) is 1. The number of benzene rings is 1. The van der Waals surface area contributed by atoms with Gasteiger partial charge in [0.15, 0.2) is 0 Å². The lowest BCUT2D eigenvalue weighted by Gasteiger charge is -2.20. The Morgan fingerprint density at radius 2 is 1.90 bits per heavy atom. The van der Waals surface area contributed by atoms with E-state index in [0.29, 0.717) is 11.5 Å². The Labute approximate surface area is 130 Å². The van der Waals surface area contributed by atoms with Crippen LogP contribution in [-0.4, -0.2) is 41.3 Å². The maximum absolute atomic E-state index is 11.9. The Kier molecular flexibility index (Phi) is 6.30. The molecule has 2 amide bonds. The van der Waals surface area contributed by atoms with Gasteiger partial charge in [0.2, 0.25) is 11.8 Å². The molecule has 0 radical (unpaired) electrons. The van der Waals surface area contributed by atoms with Crippen LogP contribution >= 0.6 is 12.2 Å². The van der Waals surface area contributed by atoms with Gasteiger partial charge < -0.3 is 16.0 Å². The van der Waals surface area contributed by atoms with Crippen LogP contribution in [0.15, 0.2) is 24.3 Å². The lowest BCUT2D eigenvalue weighted by Crippen LogP contribution is -2.45. The molecule has 0 fully saturated rings. The van der Waals surface area contributed by atoms with Crippen molar-refractivity contribution in [2.24, 2.45) is 5.73 Å². The fourth-order valence-corrected chi connectivity index (χ4v) is 1.95. The summed E-state index contributed by atoms with van der Waals surface area (Å²) < 4.78 is 0. The molecule has 0 aromatic heterocycles. The first-order chi connectivity index (χ1) is 9.85. The Hall–Kier alpha value is -1.95. The number of amides is 2. The van der Waals surface area contributed by atoms with Crippen molar-refractivity contribution in [2.45, 2.75) is 26.3 Å². The zero-order chi connectivity index (χ0) is 16.0. The van der Waals surface area contributed by atoms with Crippen molar-refractivity contribution in [3.05, 3.63) is 35.4 Å². The maximum atomic E-state index is 11.9. The van der Waals surface area contributed by atoms with Crippen LogP contribution in [0.4, 0.5) is 0 Å². The van der Waals surface area contributed by atoms with Crippen LogP contribution in [-0.2, 0) is 16.0 Å². The first-order valence-electron chi connectivity index (χ1n) is 6.78. The minimum atomic E-state index is -0.529. The highest BCUT2D eigenvalue weighted by Crippen LogP contribution is 2.05. The molecule has 1 rings (SSSR count). The summed E-state index contributed by atoms with van der Waals surface area (Å²) in [6.07, 6.45) is 0.213. The highest BCUT2D eigenvalue weighted by atomic mass is 32.1. The van der Waals surface area contributed by atoms with Gasteiger partial charge in [0.25, 0.3) is 0 Å². The van der Waals surface area contributed by atoms with Crippen LogP contribution < -0.4 is 11.1 Å². The van der Waals surface area contributed by atoms with E-state index in [1.54, 1.807) is 43.1 Å². The molecule has 1 aromatic rings. The summed E-state index contributed by atoms with van der Waals surface area (Å²) in [6, 6.07) is 6.64. The van der Waals surface area contributed by atoms with E-state index in [-0.39, 0.29) is 18.2 Å². The van der Waals surface area contributed by atoms with E-state index < -0.39 is 6.04 Å². The molecule has 0 bridgehead atoms. The van der Waals surface area contributed by atoms with Gasteiger partial charge in [0, 0.05) is 19.2 Å². The molecule has 0 heterocycles. The van der Waals surface area contributed by atoms with Crippen molar-refractivity contribution < 1.29 is 9.59 Å². The summed E-state index contributed by atoms with van der Waals surface area (Å²) in [5, 5.41) is 2.70. The van der Waals surface area contributed by atoms with Gasteiger partial charge in [-0.25, -0.2) is 0 Å². The zero-order valence-corrected chi connectivity index (χ0v) is 13.4. The molecule has 1 atom stereocenters. The molecule has 1 aromatic carbocycles. The molecule has 0 saturated heterocycles. The Balaban J connectivity index is 2.57.